The van der Waals surface area contributed by atoms with Crippen LogP contribution < -0.4 is 0 Å². The average Bonchev–Trinajstić information content (AvgIpc) is 2.39. The summed E-state index contributed by atoms with van der Waals surface area (Å²) < 4.78 is 0. The van der Waals surface area contributed by atoms with Gasteiger partial charge in [-0.15, -0.1) is 0 Å². The molecule has 5 heteroatoms. The second-order valence-electron chi connectivity index (χ2n) is 5.15. The normalized spacial score (nSPS) is 19.2. The fourth-order valence-corrected chi connectivity index (χ4v) is 2.53. The number of nitro benzene ring substituents is 1. The molecule has 1 aromatic rings. The first-order valence-corrected chi connectivity index (χ1v) is 6.58. The SMILES string of the molecule is C[C@@H]1CCCN(C(=O)Cc2ccccc2[N+](=O)[O-])C1. The number of carbonyl (C=O) groups excluding carboxylic acids is 1. The van der Waals surface area contributed by atoms with E-state index in [-0.39, 0.29) is 18.0 Å². The maximum Gasteiger partial charge on any atom is 0.273 e. The van der Waals surface area contributed by atoms with Gasteiger partial charge in [0.15, 0.2) is 0 Å². The number of piperidine rings is 1. The molecule has 1 heterocycles. The molecule has 0 saturated carbocycles. The van der Waals surface area contributed by atoms with Crippen LogP contribution in [0.3, 0.4) is 0 Å². The van der Waals surface area contributed by atoms with Gasteiger partial charge in [0.05, 0.1) is 11.3 Å². The Morgan fingerprint density at radius 1 is 1.47 bits per heavy atom. The summed E-state index contributed by atoms with van der Waals surface area (Å²) >= 11 is 0. The largest absolute Gasteiger partial charge is 0.342 e. The molecule has 0 unspecified atom stereocenters. The number of hydrogen-bond acceptors (Lipinski definition) is 3. The molecule has 1 amide bonds. The Hall–Kier alpha value is -1.91. The quantitative estimate of drug-likeness (QED) is 0.620. The number of hydrogen-bond donors (Lipinski definition) is 0. The van der Waals surface area contributed by atoms with Crippen molar-refractivity contribution >= 4 is 11.6 Å². The van der Waals surface area contributed by atoms with Crippen molar-refractivity contribution in [1.29, 1.82) is 0 Å². The van der Waals surface area contributed by atoms with Gasteiger partial charge in [0.25, 0.3) is 5.69 Å². The number of rotatable bonds is 3. The Morgan fingerprint density at radius 3 is 2.89 bits per heavy atom. The third kappa shape index (κ3) is 3.30. The van der Waals surface area contributed by atoms with Gasteiger partial charge in [-0.2, -0.15) is 0 Å². The monoisotopic (exact) mass is 262 g/mol. The molecular formula is C14H18N2O3. The molecule has 1 aromatic carbocycles. The zero-order chi connectivity index (χ0) is 13.8. The number of nitrogens with zero attached hydrogens (tertiary/aromatic N) is 2. The van der Waals surface area contributed by atoms with Gasteiger partial charge in [-0.1, -0.05) is 25.1 Å². The van der Waals surface area contributed by atoms with Gasteiger partial charge >= 0.3 is 0 Å². The zero-order valence-corrected chi connectivity index (χ0v) is 11.0. The lowest BCUT2D eigenvalue weighted by Crippen LogP contribution is -2.40. The van der Waals surface area contributed by atoms with Crippen molar-refractivity contribution in [1.82, 2.24) is 4.90 Å². The van der Waals surface area contributed by atoms with Gasteiger partial charge in [0, 0.05) is 24.7 Å². The molecule has 0 aromatic heterocycles. The minimum absolute atomic E-state index is 0.0131. The zero-order valence-electron chi connectivity index (χ0n) is 11.0. The summed E-state index contributed by atoms with van der Waals surface area (Å²) in [7, 11) is 0. The maximum absolute atomic E-state index is 12.2. The van der Waals surface area contributed by atoms with Crippen molar-refractivity contribution in [2.24, 2.45) is 5.92 Å². The Balaban J connectivity index is 2.08. The van der Waals surface area contributed by atoms with E-state index < -0.39 is 4.92 Å². The first-order chi connectivity index (χ1) is 9.08. The van der Waals surface area contributed by atoms with Crippen LogP contribution in [0.15, 0.2) is 24.3 Å². The summed E-state index contributed by atoms with van der Waals surface area (Å²) in [6.07, 6.45) is 2.28. The van der Waals surface area contributed by atoms with Crippen LogP contribution >= 0.6 is 0 Å². The fraction of sp³-hybridized carbons (Fsp3) is 0.500. The predicted molar refractivity (Wildman–Crippen MR) is 71.8 cm³/mol. The van der Waals surface area contributed by atoms with E-state index in [0.717, 1.165) is 25.9 Å². The Kier molecular flexibility index (Phi) is 4.14. The lowest BCUT2D eigenvalue weighted by molar-refractivity contribution is -0.385. The minimum atomic E-state index is -0.429. The lowest BCUT2D eigenvalue weighted by atomic mass is 9.99. The molecule has 0 N–H and O–H groups in total. The molecule has 2 rings (SSSR count). The van der Waals surface area contributed by atoms with E-state index in [9.17, 15) is 14.9 Å². The van der Waals surface area contributed by atoms with Crippen molar-refractivity contribution in [3.8, 4) is 0 Å². The van der Waals surface area contributed by atoms with Crippen molar-refractivity contribution in [2.75, 3.05) is 13.1 Å². The molecule has 1 fully saturated rings. The van der Waals surface area contributed by atoms with E-state index >= 15 is 0 Å². The van der Waals surface area contributed by atoms with E-state index in [1.165, 1.54) is 6.07 Å². The fourth-order valence-electron chi connectivity index (χ4n) is 2.53. The number of benzene rings is 1. The van der Waals surface area contributed by atoms with Gasteiger partial charge in [0.1, 0.15) is 0 Å². The molecule has 0 aliphatic carbocycles. The van der Waals surface area contributed by atoms with Gasteiger partial charge in [-0.3, -0.25) is 14.9 Å². The number of likely N-dealkylation sites (tertiary alicyclic amines) is 1. The van der Waals surface area contributed by atoms with Crippen molar-refractivity contribution in [3.63, 3.8) is 0 Å². The summed E-state index contributed by atoms with van der Waals surface area (Å²) in [5.74, 6) is 0.504. The van der Waals surface area contributed by atoms with Crippen LogP contribution in [0, 0.1) is 16.0 Å². The van der Waals surface area contributed by atoms with Gasteiger partial charge < -0.3 is 4.90 Å². The number of nitro groups is 1. The first kappa shape index (κ1) is 13.5. The van der Waals surface area contributed by atoms with Crippen LogP contribution in [0.2, 0.25) is 0 Å². The average molecular weight is 262 g/mol. The molecule has 102 valence electrons. The molecule has 0 bridgehead atoms. The highest BCUT2D eigenvalue weighted by molar-refractivity contribution is 5.80. The Labute approximate surface area is 112 Å². The highest BCUT2D eigenvalue weighted by Crippen LogP contribution is 2.21. The number of carbonyl (C=O) groups is 1. The molecule has 5 nitrogen and oxygen atoms in total. The highest BCUT2D eigenvalue weighted by Gasteiger charge is 2.23. The molecule has 1 aliphatic rings. The molecular weight excluding hydrogens is 244 g/mol. The molecule has 0 radical (unpaired) electrons. The molecule has 1 atom stereocenters. The van der Waals surface area contributed by atoms with Crippen molar-refractivity contribution in [2.45, 2.75) is 26.2 Å². The van der Waals surface area contributed by atoms with Gasteiger partial charge in [0.2, 0.25) is 5.91 Å². The summed E-state index contributed by atoms with van der Waals surface area (Å²) in [6.45, 7) is 3.66. The van der Waals surface area contributed by atoms with Gasteiger partial charge in [-0.25, -0.2) is 0 Å². The topological polar surface area (TPSA) is 63.5 Å². The van der Waals surface area contributed by atoms with E-state index in [2.05, 4.69) is 6.92 Å². The summed E-state index contributed by atoms with van der Waals surface area (Å²) in [6, 6.07) is 6.45. The van der Waals surface area contributed by atoms with Crippen molar-refractivity contribution < 1.29 is 9.72 Å². The summed E-state index contributed by atoms with van der Waals surface area (Å²) in [5, 5.41) is 10.9. The Bertz CT molecular complexity index is 487. The maximum atomic E-state index is 12.2. The predicted octanol–water partition coefficient (Wildman–Crippen LogP) is 2.40. The van der Waals surface area contributed by atoms with Crippen molar-refractivity contribution in [3.05, 3.63) is 39.9 Å². The van der Waals surface area contributed by atoms with E-state index in [0.29, 0.717) is 11.5 Å². The summed E-state index contributed by atoms with van der Waals surface area (Å²) in [4.78, 5) is 24.5. The smallest absolute Gasteiger partial charge is 0.273 e. The van der Waals surface area contributed by atoms with Crippen LogP contribution in [-0.2, 0) is 11.2 Å². The second-order valence-corrected chi connectivity index (χ2v) is 5.15. The standard InChI is InChI=1S/C14H18N2O3/c1-11-5-4-8-15(10-11)14(17)9-12-6-2-3-7-13(12)16(18)19/h2-3,6-7,11H,4-5,8-10H2,1H3/t11-/m1/s1. The van der Waals surface area contributed by atoms with E-state index in [4.69, 9.17) is 0 Å². The minimum Gasteiger partial charge on any atom is -0.342 e. The van der Waals surface area contributed by atoms with Crippen LogP contribution in [-0.4, -0.2) is 28.8 Å². The van der Waals surface area contributed by atoms with E-state index in [1.807, 2.05) is 4.90 Å². The van der Waals surface area contributed by atoms with Crippen LogP contribution in [0.4, 0.5) is 5.69 Å². The molecule has 0 spiro atoms. The van der Waals surface area contributed by atoms with E-state index in [1.54, 1.807) is 18.2 Å². The third-order valence-electron chi connectivity index (χ3n) is 3.54. The number of amides is 1. The molecule has 1 aliphatic heterocycles. The third-order valence-corrected chi connectivity index (χ3v) is 3.54. The highest BCUT2D eigenvalue weighted by atomic mass is 16.6. The Morgan fingerprint density at radius 2 is 2.21 bits per heavy atom. The lowest BCUT2D eigenvalue weighted by Gasteiger charge is -2.31. The van der Waals surface area contributed by atoms with Crippen LogP contribution in [0.5, 0.6) is 0 Å². The van der Waals surface area contributed by atoms with Crippen LogP contribution in [0.1, 0.15) is 25.3 Å². The first-order valence-electron chi connectivity index (χ1n) is 6.58. The summed E-state index contributed by atoms with van der Waals surface area (Å²) in [5.41, 5.74) is 0.525. The molecule has 19 heavy (non-hydrogen) atoms. The molecule has 1 saturated heterocycles. The second kappa shape index (κ2) is 5.82. The van der Waals surface area contributed by atoms with Gasteiger partial charge in [-0.05, 0) is 18.8 Å². The number of para-hydroxylation sites is 1. The van der Waals surface area contributed by atoms with Crippen LogP contribution in [0.25, 0.3) is 0 Å².